The molecule has 1 saturated heterocycles. The van der Waals surface area contributed by atoms with Gasteiger partial charge < -0.3 is 14.7 Å². The van der Waals surface area contributed by atoms with E-state index >= 15 is 0 Å². The Labute approximate surface area is 195 Å². The Bertz CT molecular complexity index is 1130. The van der Waals surface area contributed by atoms with Crippen LogP contribution in [0, 0.1) is 11.8 Å². The van der Waals surface area contributed by atoms with Crippen molar-refractivity contribution in [1.82, 2.24) is 4.90 Å². The Balaban J connectivity index is 1.41. The highest BCUT2D eigenvalue weighted by Crippen LogP contribution is 2.39. The summed E-state index contributed by atoms with van der Waals surface area (Å²) in [6, 6.07) is 25.2. The van der Waals surface area contributed by atoms with E-state index < -0.39 is 6.10 Å². The smallest absolute Gasteiger partial charge is 0.253 e. The molecule has 3 aromatic carbocycles. The number of rotatable bonds is 4. The number of methoxy groups -OCH3 is 1. The zero-order chi connectivity index (χ0) is 23.3. The average Bonchev–Trinajstić information content (AvgIpc) is 2.88. The lowest BCUT2D eigenvalue weighted by molar-refractivity contribution is 0.0353. The maximum Gasteiger partial charge on any atom is 0.253 e. The van der Waals surface area contributed by atoms with Crippen LogP contribution in [0.3, 0.4) is 0 Å². The van der Waals surface area contributed by atoms with Gasteiger partial charge in [0.25, 0.3) is 5.91 Å². The fourth-order valence-electron chi connectivity index (χ4n) is 4.52. The number of hydrogen-bond acceptors (Lipinski definition) is 3. The zero-order valence-corrected chi connectivity index (χ0v) is 19.1. The summed E-state index contributed by atoms with van der Waals surface area (Å²) in [5.74, 6) is 7.10. The summed E-state index contributed by atoms with van der Waals surface area (Å²) in [7, 11) is 1.64. The molecule has 0 aromatic heterocycles. The van der Waals surface area contributed by atoms with E-state index in [1.54, 1.807) is 7.11 Å². The third kappa shape index (κ3) is 4.94. The van der Waals surface area contributed by atoms with E-state index in [2.05, 4.69) is 24.0 Å². The van der Waals surface area contributed by atoms with E-state index in [4.69, 9.17) is 4.74 Å². The number of piperidine rings is 1. The lowest BCUT2D eigenvalue weighted by Crippen LogP contribution is -2.50. The number of hydrogen-bond donors (Lipinski definition) is 1. The molecule has 3 aromatic rings. The van der Waals surface area contributed by atoms with E-state index in [-0.39, 0.29) is 11.3 Å². The lowest BCUT2D eigenvalue weighted by atomic mass is 9.69. The second-order valence-electron chi connectivity index (χ2n) is 8.55. The standard InChI is InChI=1S/C29H29NO3/c1-22(31)29(26-6-4-3-5-7-26)18-20-30(21-19-29)28(32)25-14-10-23(11-15-25)8-9-24-12-16-27(33-2)17-13-24/h3-7,10-17,22,31H,18-21H2,1-2H3. The Morgan fingerprint density at radius 3 is 1.97 bits per heavy atom. The molecule has 33 heavy (non-hydrogen) atoms. The maximum absolute atomic E-state index is 13.1. The van der Waals surface area contributed by atoms with Gasteiger partial charge in [0.05, 0.1) is 13.2 Å². The van der Waals surface area contributed by atoms with Crippen LogP contribution in [0.15, 0.2) is 78.9 Å². The first-order valence-electron chi connectivity index (χ1n) is 11.3. The minimum atomic E-state index is -0.472. The maximum atomic E-state index is 13.1. The molecule has 0 saturated carbocycles. The molecular weight excluding hydrogens is 410 g/mol. The summed E-state index contributed by atoms with van der Waals surface area (Å²) in [6.45, 7) is 3.10. The Kier molecular flexibility index (Phi) is 6.82. The van der Waals surface area contributed by atoms with E-state index in [1.807, 2.05) is 78.6 Å². The molecule has 0 radical (unpaired) electrons. The number of ether oxygens (including phenoxy) is 1. The Hall–Kier alpha value is -3.55. The van der Waals surface area contributed by atoms with Crippen LogP contribution >= 0.6 is 0 Å². The molecule has 1 aliphatic rings. The Morgan fingerprint density at radius 1 is 0.909 bits per heavy atom. The third-order valence-electron chi connectivity index (χ3n) is 6.66. The summed E-state index contributed by atoms with van der Waals surface area (Å²) in [6.07, 6.45) is 1.01. The van der Waals surface area contributed by atoms with Crippen molar-refractivity contribution in [2.75, 3.05) is 20.2 Å². The van der Waals surface area contributed by atoms with Gasteiger partial charge in [0, 0.05) is 35.2 Å². The molecule has 1 heterocycles. The number of carbonyl (C=O) groups is 1. The lowest BCUT2D eigenvalue weighted by Gasteiger charge is -2.44. The van der Waals surface area contributed by atoms with E-state index in [1.165, 1.54) is 0 Å². The number of nitrogens with zero attached hydrogens (tertiary/aromatic N) is 1. The van der Waals surface area contributed by atoms with Crippen LogP contribution in [0.2, 0.25) is 0 Å². The summed E-state index contributed by atoms with van der Waals surface area (Å²) < 4.78 is 5.17. The van der Waals surface area contributed by atoms with Crippen molar-refractivity contribution < 1.29 is 14.6 Å². The molecule has 1 amide bonds. The van der Waals surface area contributed by atoms with Crippen molar-refractivity contribution in [3.05, 3.63) is 101 Å². The second kappa shape index (κ2) is 9.94. The number of benzene rings is 3. The molecule has 0 spiro atoms. The van der Waals surface area contributed by atoms with Gasteiger partial charge in [-0.2, -0.15) is 0 Å². The molecule has 4 rings (SSSR count). The molecule has 1 aliphatic heterocycles. The fourth-order valence-corrected chi connectivity index (χ4v) is 4.52. The zero-order valence-electron chi connectivity index (χ0n) is 19.1. The highest BCUT2D eigenvalue weighted by molar-refractivity contribution is 5.94. The quantitative estimate of drug-likeness (QED) is 0.602. The van der Waals surface area contributed by atoms with Crippen LogP contribution in [-0.4, -0.2) is 42.2 Å². The summed E-state index contributed by atoms with van der Waals surface area (Å²) in [4.78, 5) is 15.0. The summed E-state index contributed by atoms with van der Waals surface area (Å²) in [5, 5.41) is 10.6. The first kappa shape index (κ1) is 22.6. The number of likely N-dealkylation sites (tertiary alicyclic amines) is 1. The van der Waals surface area contributed by atoms with Crippen molar-refractivity contribution in [3.63, 3.8) is 0 Å². The number of aliphatic hydroxyl groups excluding tert-OH is 1. The van der Waals surface area contributed by atoms with Gasteiger partial charge in [-0.15, -0.1) is 0 Å². The largest absolute Gasteiger partial charge is 0.497 e. The van der Waals surface area contributed by atoms with Crippen LogP contribution in [-0.2, 0) is 5.41 Å². The molecule has 0 bridgehead atoms. The van der Waals surface area contributed by atoms with Crippen LogP contribution in [0.1, 0.15) is 46.8 Å². The molecule has 168 valence electrons. The molecule has 4 nitrogen and oxygen atoms in total. The van der Waals surface area contributed by atoms with Gasteiger partial charge >= 0.3 is 0 Å². The van der Waals surface area contributed by atoms with Crippen LogP contribution < -0.4 is 4.74 Å². The molecule has 0 aliphatic carbocycles. The molecule has 1 N–H and O–H groups in total. The summed E-state index contributed by atoms with van der Waals surface area (Å²) in [5.41, 5.74) is 3.27. The van der Waals surface area contributed by atoms with Gasteiger partial charge in [-0.25, -0.2) is 0 Å². The summed E-state index contributed by atoms with van der Waals surface area (Å²) >= 11 is 0. The van der Waals surface area contributed by atoms with Crippen LogP contribution in [0.25, 0.3) is 0 Å². The first-order chi connectivity index (χ1) is 16.0. The van der Waals surface area contributed by atoms with Crippen molar-refractivity contribution in [1.29, 1.82) is 0 Å². The van der Waals surface area contributed by atoms with Crippen molar-refractivity contribution in [2.45, 2.75) is 31.3 Å². The number of aliphatic hydroxyl groups is 1. The SMILES string of the molecule is COc1ccc(C#Cc2ccc(C(=O)N3CCC(c4ccccc4)(C(C)O)CC3)cc2)cc1. The minimum Gasteiger partial charge on any atom is -0.497 e. The predicted molar refractivity (Wildman–Crippen MR) is 130 cm³/mol. The van der Waals surface area contributed by atoms with Crippen molar-refractivity contribution in [2.24, 2.45) is 0 Å². The van der Waals surface area contributed by atoms with Gasteiger partial charge in [-0.3, -0.25) is 4.79 Å². The Morgan fingerprint density at radius 2 is 1.45 bits per heavy atom. The van der Waals surface area contributed by atoms with Gasteiger partial charge in [0.2, 0.25) is 0 Å². The average molecular weight is 440 g/mol. The first-order valence-corrected chi connectivity index (χ1v) is 11.3. The number of carbonyl (C=O) groups excluding carboxylic acids is 1. The van der Waals surface area contributed by atoms with Crippen molar-refractivity contribution in [3.8, 4) is 17.6 Å². The monoisotopic (exact) mass is 439 g/mol. The van der Waals surface area contributed by atoms with E-state index in [0.29, 0.717) is 18.7 Å². The molecule has 1 atom stereocenters. The normalized spacial score (nSPS) is 15.8. The number of amides is 1. The van der Waals surface area contributed by atoms with Crippen molar-refractivity contribution >= 4 is 5.91 Å². The molecule has 1 fully saturated rings. The van der Waals surface area contributed by atoms with Crippen LogP contribution in [0.5, 0.6) is 5.75 Å². The molecular formula is C29H29NO3. The van der Waals surface area contributed by atoms with Gasteiger partial charge in [0.1, 0.15) is 5.75 Å². The van der Waals surface area contributed by atoms with E-state index in [9.17, 15) is 9.90 Å². The fraction of sp³-hybridized carbons (Fsp3) is 0.276. The molecule has 4 heteroatoms. The van der Waals surface area contributed by atoms with Gasteiger partial charge in [-0.1, -0.05) is 42.2 Å². The second-order valence-corrected chi connectivity index (χ2v) is 8.55. The van der Waals surface area contributed by atoms with E-state index in [0.717, 1.165) is 35.3 Å². The topological polar surface area (TPSA) is 49.8 Å². The highest BCUT2D eigenvalue weighted by atomic mass is 16.5. The van der Waals surface area contributed by atoms with Crippen LogP contribution in [0.4, 0.5) is 0 Å². The minimum absolute atomic E-state index is 0.0249. The molecule has 1 unspecified atom stereocenters. The van der Waals surface area contributed by atoms with Gasteiger partial charge in [-0.05, 0) is 73.9 Å². The van der Waals surface area contributed by atoms with Gasteiger partial charge in [0.15, 0.2) is 0 Å². The highest BCUT2D eigenvalue weighted by Gasteiger charge is 2.41. The third-order valence-corrected chi connectivity index (χ3v) is 6.66. The predicted octanol–water partition coefficient (Wildman–Crippen LogP) is 4.65.